The first-order valence-corrected chi connectivity index (χ1v) is 12.8. The van der Waals surface area contributed by atoms with E-state index in [0.29, 0.717) is 12.0 Å². The Hall–Kier alpha value is -2.55. The predicted molar refractivity (Wildman–Crippen MR) is 130 cm³/mol. The Morgan fingerprint density at radius 3 is 2.42 bits per heavy atom. The molecule has 0 fully saturated rings. The quantitative estimate of drug-likeness (QED) is 0.447. The number of carbonyl (C=O) groups excluding carboxylic acids is 1. The molecule has 5 nitrogen and oxygen atoms in total. The Kier molecular flexibility index (Phi) is 6.70. The van der Waals surface area contributed by atoms with Gasteiger partial charge in [0.15, 0.2) is 0 Å². The van der Waals surface area contributed by atoms with E-state index in [1.807, 2.05) is 32.0 Å². The van der Waals surface area contributed by atoms with Crippen LogP contribution in [-0.4, -0.2) is 31.2 Å². The second-order valence-electron chi connectivity index (χ2n) is 8.30. The molecule has 1 aliphatic rings. The highest BCUT2D eigenvalue weighted by Crippen LogP contribution is 2.34. The molecule has 0 unspecified atom stereocenters. The van der Waals surface area contributed by atoms with Crippen molar-refractivity contribution in [1.29, 1.82) is 0 Å². The molecular formula is C25H24BrFN2O3S. The van der Waals surface area contributed by atoms with Crippen LogP contribution < -0.4 is 4.90 Å². The number of hydrogen-bond donors (Lipinski definition) is 0. The molecule has 0 saturated heterocycles. The largest absolute Gasteiger partial charge is 0.308 e. The van der Waals surface area contributed by atoms with Crippen molar-refractivity contribution in [3.63, 3.8) is 0 Å². The van der Waals surface area contributed by atoms with Crippen molar-refractivity contribution in [3.8, 4) is 0 Å². The molecule has 4 rings (SSSR count). The van der Waals surface area contributed by atoms with E-state index in [-0.39, 0.29) is 29.9 Å². The number of nitrogens with zero attached hydrogens (tertiary/aromatic N) is 2. The molecule has 33 heavy (non-hydrogen) atoms. The zero-order chi connectivity index (χ0) is 23.8. The zero-order valence-corrected chi connectivity index (χ0v) is 20.7. The number of rotatable bonds is 6. The highest BCUT2D eigenvalue weighted by atomic mass is 79.9. The maximum atomic E-state index is 13.5. The molecule has 0 spiro atoms. The summed E-state index contributed by atoms with van der Waals surface area (Å²) in [5.74, 6) is -0.710. The number of aryl methyl sites for hydroxylation is 1. The van der Waals surface area contributed by atoms with Crippen molar-refractivity contribution in [3.05, 3.63) is 93.7 Å². The first-order chi connectivity index (χ1) is 15.6. The van der Waals surface area contributed by atoms with Crippen molar-refractivity contribution < 1.29 is 17.6 Å². The van der Waals surface area contributed by atoms with Crippen LogP contribution in [-0.2, 0) is 27.8 Å². The zero-order valence-electron chi connectivity index (χ0n) is 18.3. The maximum Gasteiger partial charge on any atom is 0.243 e. The summed E-state index contributed by atoms with van der Waals surface area (Å²) in [6.45, 7) is 3.45. The van der Waals surface area contributed by atoms with Crippen LogP contribution in [0.3, 0.4) is 0 Å². The Labute approximate surface area is 202 Å². The standard InChI is InChI=1S/C25H24BrFN2O3S/c1-17-3-10-23(11-4-17)33(31,32)28(15-19-5-8-22(27)9-6-19)16-25(30)29-18(2)13-20-14-21(26)7-12-24(20)29/h3-12,14,18H,13,15-16H2,1-2H3/t18-/m0/s1. The van der Waals surface area contributed by atoms with Crippen LogP contribution in [0.15, 0.2) is 76.1 Å². The highest BCUT2D eigenvalue weighted by Gasteiger charge is 2.34. The fourth-order valence-corrected chi connectivity index (χ4v) is 5.87. The summed E-state index contributed by atoms with van der Waals surface area (Å²) < 4.78 is 42.5. The molecular weight excluding hydrogens is 507 g/mol. The number of carbonyl (C=O) groups is 1. The minimum atomic E-state index is -3.97. The van der Waals surface area contributed by atoms with Gasteiger partial charge in [-0.15, -0.1) is 0 Å². The molecule has 172 valence electrons. The van der Waals surface area contributed by atoms with Gasteiger partial charge in [-0.05, 0) is 73.9 Å². The summed E-state index contributed by atoms with van der Waals surface area (Å²) in [6.07, 6.45) is 0.698. The van der Waals surface area contributed by atoms with Crippen LogP contribution in [0.1, 0.15) is 23.6 Å². The Bertz CT molecular complexity index is 1280. The number of halogens is 2. The smallest absolute Gasteiger partial charge is 0.243 e. The second-order valence-corrected chi connectivity index (χ2v) is 11.2. The van der Waals surface area contributed by atoms with Crippen molar-refractivity contribution in [2.75, 3.05) is 11.4 Å². The van der Waals surface area contributed by atoms with Gasteiger partial charge in [-0.25, -0.2) is 12.8 Å². The van der Waals surface area contributed by atoms with Gasteiger partial charge in [-0.1, -0.05) is 45.8 Å². The summed E-state index contributed by atoms with van der Waals surface area (Å²) in [6, 6.07) is 17.8. The Morgan fingerprint density at radius 1 is 1.09 bits per heavy atom. The van der Waals surface area contributed by atoms with Crippen molar-refractivity contribution in [1.82, 2.24) is 4.31 Å². The van der Waals surface area contributed by atoms with Crippen molar-refractivity contribution >= 4 is 37.5 Å². The normalized spacial score (nSPS) is 15.7. The van der Waals surface area contributed by atoms with Gasteiger partial charge in [0.2, 0.25) is 15.9 Å². The van der Waals surface area contributed by atoms with Gasteiger partial charge in [0, 0.05) is 22.7 Å². The second kappa shape index (κ2) is 9.37. The van der Waals surface area contributed by atoms with E-state index in [4.69, 9.17) is 0 Å². The van der Waals surface area contributed by atoms with E-state index >= 15 is 0 Å². The molecule has 1 amide bonds. The van der Waals surface area contributed by atoms with Gasteiger partial charge in [0.1, 0.15) is 5.82 Å². The monoisotopic (exact) mass is 530 g/mol. The third-order valence-corrected chi connectivity index (χ3v) is 8.07. The van der Waals surface area contributed by atoms with Gasteiger partial charge >= 0.3 is 0 Å². The topological polar surface area (TPSA) is 57.7 Å². The predicted octanol–water partition coefficient (Wildman–Crippen LogP) is 5.07. The SMILES string of the molecule is Cc1ccc(S(=O)(=O)N(CC(=O)N2c3ccc(Br)cc3C[C@@H]2C)Cc2ccc(F)cc2)cc1. The lowest BCUT2D eigenvalue weighted by atomic mass is 10.1. The van der Waals surface area contributed by atoms with Crippen LogP contribution in [0.2, 0.25) is 0 Å². The van der Waals surface area contributed by atoms with Gasteiger partial charge in [-0.2, -0.15) is 4.31 Å². The molecule has 0 saturated carbocycles. The van der Waals surface area contributed by atoms with Gasteiger partial charge < -0.3 is 4.90 Å². The van der Waals surface area contributed by atoms with Crippen LogP contribution in [0.4, 0.5) is 10.1 Å². The number of benzene rings is 3. The number of anilines is 1. The van der Waals surface area contributed by atoms with E-state index < -0.39 is 15.8 Å². The minimum absolute atomic E-state index is 0.0440. The van der Waals surface area contributed by atoms with Gasteiger partial charge in [0.05, 0.1) is 11.4 Å². The molecule has 1 atom stereocenters. The summed E-state index contributed by atoms with van der Waals surface area (Å²) in [7, 11) is -3.97. The molecule has 3 aromatic carbocycles. The first-order valence-electron chi connectivity index (χ1n) is 10.6. The lowest BCUT2D eigenvalue weighted by Gasteiger charge is -2.27. The average molecular weight is 531 g/mol. The van der Waals surface area contributed by atoms with Gasteiger partial charge in [-0.3, -0.25) is 4.79 Å². The van der Waals surface area contributed by atoms with E-state index in [1.165, 1.54) is 36.4 Å². The summed E-state index contributed by atoms with van der Waals surface area (Å²) in [5, 5.41) is 0. The van der Waals surface area contributed by atoms with Crippen LogP contribution in [0, 0.1) is 12.7 Å². The Balaban J connectivity index is 1.67. The molecule has 0 radical (unpaired) electrons. The third-order valence-electron chi connectivity index (χ3n) is 5.77. The molecule has 0 aromatic heterocycles. The maximum absolute atomic E-state index is 13.5. The number of hydrogen-bond acceptors (Lipinski definition) is 3. The van der Waals surface area contributed by atoms with E-state index in [2.05, 4.69) is 15.9 Å². The van der Waals surface area contributed by atoms with Crippen LogP contribution in [0.5, 0.6) is 0 Å². The third kappa shape index (κ3) is 5.03. The summed E-state index contributed by atoms with van der Waals surface area (Å²) in [5.41, 5.74) is 3.37. The average Bonchev–Trinajstić information content (AvgIpc) is 3.09. The summed E-state index contributed by atoms with van der Waals surface area (Å²) >= 11 is 3.46. The van der Waals surface area contributed by atoms with Crippen molar-refractivity contribution in [2.24, 2.45) is 0 Å². The molecule has 0 bridgehead atoms. The van der Waals surface area contributed by atoms with Gasteiger partial charge in [0.25, 0.3) is 0 Å². The first kappa shape index (κ1) is 23.6. The fraction of sp³-hybridized carbons (Fsp3) is 0.240. The number of sulfonamides is 1. The molecule has 0 N–H and O–H groups in total. The molecule has 0 aliphatic carbocycles. The minimum Gasteiger partial charge on any atom is -0.308 e. The van der Waals surface area contributed by atoms with Crippen LogP contribution in [0.25, 0.3) is 0 Å². The van der Waals surface area contributed by atoms with E-state index in [9.17, 15) is 17.6 Å². The van der Waals surface area contributed by atoms with Crippen LogP contribution >= 0.6 is 15.9 Å². The molecule has 1 aliphatic heterocycles. The number of fused-ring (bicyclic) bond motifs is 1. The lowest BCUT2D eigenvalue weighted by molar-refractivity contribution is -0.119. The Morgan fingerprint density at radius 2 is 1.76 bits per heavy atom. The van der Waals surface area contributed by atoms with Crippen molar-refractivity contribution in [2.45, 2.75) is 37.8 Å². The van der Waals surface area contributed by atoms with E-state index in [0.717, 1.165) is 25.6 Å². The molecule has 8 heteroatoms. The molecule has 1 heterocycles. The highest BCUT2D eigenvalue weighted by molar-refractivity contribution is 9.10. The molecule has 3 aromatic rings. The van der Waals surface area contributed by atoms with E-state index in [1.54, 1.807) is 17.0 Å². The lowest BCUT2D eigenvalue weighted by Crippen LogP contribution is -2.44. The number of amides is 1. The summed E-state index contributed by atoms with van der Waals surface area (Å²) in [4.78, 5) is 15.2. The fourth-order valence-electron chi connectivity index (χ4n) is 4.09.